The van der Waals surface area contributed by atoms with Crippen LogP contribution in [0.2, 0.25) is 0 Å². The lowest BCUT2D eigenvalue weighted by Crippen LogP contribution is -2.19. The normalized spacial score (nSPS) is 10.6. The van der Waals surface area contributed by atoms with Crippen molar-refractivity contribution < 1.29 is 23.7 Å². The van der Waals surface area contributed by atoms with Crippen molar-refractivity contribution in [3.05, 3.63) is 93.9 Å². The third kappa shape index (κ3) is 4.28. The molecule has 1 aromatic heterocycles. The Kier molecular flexibility index (Phi) is 5.56. The quantitative estimate of drug-likeness (QED) is 0.231. The van der Waals surface area contributed by atoms with E-state index in [-0.39, 0.29) is 22.8 Å². The van der Waals surface area contributed by atoms with Crippen LogP contribution in [0.3, 0.4) is 0 Å². The van der Waals surface area contributed by atoms with E-state index in [2.05, 4.69) is 10.5 Å². The second-order valence-electron chi connectivity index (χ2n) is 5.38. The monoisotopic (exact) mass is 379 g/mol. The molecule has 1 N–H and O–H groups in total. The van der Waals surface area contributed by atoms with E-state index in [4.69, 9.17) is 9.15 Å². The van der Waals surface area contributed by atoms with Crippen molar-refractivity contribution >= 4 is 23.8 Å². The van der Waals surface area contributed by atoms with Gasteiger partial charge in [0.15, 0.2) is 0 Å². The van der Waals surface area contributed by atoms with Crippen LogP contribution < -0.4 is 10.2 Å². The molecule has 2 aromatic carbocycles. The van der Waals surface area contributed by atoms with E-state index in [1.807, 2.05) is 0 Å². The van der Waals surface area contributed by atoms with E-state index in [0.29, 0.717) is 5.56 Å². The molecule has 1 amide bonds. The van der Waals surface area contributed by atoms with Crippen molar-refractivity contribution in [2.75, 3.05) is 0 Å². The highest BCUT2D eigenvalue weighted by Crippen LogP contribution is 2.19. The minimum absolute atomic E-state index is 0.0384. The number of carbonyl (C=O) groups excluding carboxylic acids is 2. The molecule has 0 radical (unpaired) electrons. The number of amides is 1. The van der Waals surface area contributed by atoms with E-state index >= 15 is 0 Å². The number of hydrazone groups is 1. The molecule has 1 heterocycles. The summed E-state index contributed by atoms with van der Waals surface area (Å²) < 4.78 is 10.2. The maximum absolute atomic E-state index is 12.2. The molecule has 140 valence electrons. The summed E-state index contributed by atoms with van der Waals surface area (Å²) in [6, 6.07) is 15.1. The van der Waals surface area contributed by atoms with Gasteiger partial charge in [-0.05, 0) is 30.3 Å². The number of furan rings is 1. The predicted octanol–water partition coefficient (Wildman–Crippen LogP) is 3.17. The van der Waals surface area contributed by atoms with Crippen LogP contribution in [0.4, 0.5) is 5.69 Å². The zero-order valence-electron chi connectivity index (χ0n) is 14.3. The Hall–Kier alpha value is -4.27. The fourth-order valence-electron chi connectivity index (χ4n) is 2.27. The van der Waals surface area contributed by atoms with Gasteiger partial charge in [-0.2, -0.15) is 5.10 Å². The Morgan fingerprint density at radius 2 is 1.82 bits per heavy atom. The van der Waals surface area contributed by atoms with Crippen LogP contribution in [-0.4, -0.2) is 23.0 Å². The van der Waals surface area contributed by atoms with Gasteiger partial charge in [0.05, 0.1) is 17.4 Å². The Balaban J connectivity index is 1.72. The zero-order valence-corrected chi connectivity index (χ0v) is 14.3. The van der Waals surface area contributed by atoms with Crippen molar-refractivity contribution in [1.82, 2.24) is 5.43 Å². The molecule has 0 bridgehead atoms. The number of rotatable bonds is 6. The summed E-state index contributed by atoms with van der Waals surface area (Å²) in [5.74, 6) is -1.19. The summed E-state index contributed by atoms with van der Waals surface area (Å²) >= 11 is 0. The van der Waals surface area contributed by atoms with Crippen molar-refractivity contribution in [3.8, 4) is 5.75 Å². The van der Waals surface area contributed by atoms with Gasteiger partial charge in [0, 0.05) is 11.6 Å². The van der Waals surface area contributed by atoms with Gasteiger partial charge in [-0.15, -0.1) is 0 Å². The van der Waals surface area contributed by atoms with E-state index in [9.17, 15) is 19.7 Å². The fraction of sp³-hybridized carbons (Fsp3) is 0. The Labute approximate surface area is 158 Å². The first-order valence-electron chi connectivity index (χ1n) is 7.98. The molecule has 0 unspecified atom stereocenters. The zero-order chi connectivity index (χ0) is 19.9. The average Bonchev–Trinajstić information content (AvgIpc) is 3.24. The van der Waals surface area contributed by atoms with Crippen molar-refractivity contribution in [2.24, 2.45) is 5.10 Å². The standard InChI is InChI=1S/C19H13N3O6/c23-18(14-7-2-3-8-15(14)22(25)26)21-20-12-13-6-1-4-9-16(13)28-19(24)17-10-5-11-27-17/h1-12H,(H,21,23)/b20-12+. The van der Waals surface area contributed by atoms with Crippen LogP contribution in [0.25, 0.3) is 0 Å². The summed E-state index contributed by atoms with van der Waals surface area (Å²) in [5.41, 5.74) is 2.17. The number of nitrogens with one attached hydrogen (secondary N) is 1. The van der Waals surface area contributed by atoms with E-state index in [1.54, 1.807) is 30.3 Å². The molecular weight excluding hydrogens is 366 g/mol. The molecule has 9 heteroatoms. The van der Waals surface area contributed by atoms with Crippen molar-refractivity contribution in [2.45, 2.75) is 0 Å². The molecule has 0 atom stereocenters. The smallest absolute Gasteiger partial charge is 0.379 e. The minimum Gasteiger partial charge on any atom is -0.457 e. The van der Waals surface area contributed by atoms with E-state index in [1.165, 1.54) is 42.8 Å². The maximum Gasteiger partial charge on any atom is 0.379 e. The summed E-state index contributed by atoms with van der Waals surface area (Å²) in [5, 5.41) is 14.8. The highest BCUT2D eigenvalue weighted by atomic mass is 16.6. The number of para-hydroxylation sites is 2. The molecule has 0 spiro atoms. The van der Waals surface area contributed by atoms with Gasteiger partial charge >= 0.3 is 5.97 Å². The van der Waals surface area contributed by atoms with E-state index in [0.717, 1.165) is 0 Å². The molecule has 28 heavy (non-hydrogen) atoms. The Morgan fingerprint density at radius 3 is 2.57 bits per heavy atom. The lowest BCUT2D eigenvalue weighted by molar-refractivity contribution is -0.385. The molecule has 3 aromatic rings. The van der Waals surface area contributed by atoms with Gasteiger partial charge in [-0.25, -0.2) is 10.2 Å². The molecule has 0 fully saturated rings. The lowest BCUT2D eigenvalue weighted by Gasteiger charge is -2.05. The molecule has 9 nitrogen and oxygen atoms in total. The number of esters is 1. The average molecular weight is 379 g/mol. The first-order valence-corrected chi connectivity index (χ1v) is 7.98. The number of ether oxygens (including phenoxy) is 1. The second-order valence-corrected chi connectivity index (χ2v) is 5.38. The van der Waals surface area contributed by atoms with Crippen LogP contribution in [0.15, 0.2) is 76.4 Å². The number of carbonyl (C=O) groups is 2. The first-order chi connectivity index (χ1) is 13.6. The number of hydrogen-bond donors (Lipinski definition) is 1. The number of nitro groups is 1. The Bertz CT molecular complexity index is 1040. The molecule has 0 saturated heterocycles. The highest BCUT2D eigenvalue weighted by Gasteiger charge is 2.18. The molecule has 0 aliphatic rings. The van der Waals surface area contributed by atoms with Crippen LogP contribution in [0.5, 0.6) is 5.75 Å². The predicted molar refractivity (Wildman–Crippen MR) is 98.3 cm³/mol. The molecule has 0 saturated carbocycles. The highest BCUT2D eigenvalue weighted by molar-refractivity contribution is 5.98. The number of nitro benzene ring substituents is 1. The lowest BCUT2D eigenvalue weighted by atomic mass is 10.2. The third-order valence-corrected chi connectivity index (χ3v) is 3.56. The number of hydrogen-bond acceptors (Lipinski definition) is 7. The van der Waals surface area contributed by atoms with Crippen LogP contribution in [-0.2, 0) is 0 Å². The van der Waals surface area contributed by atoms with Crippen molar-refractivity contribution in [1.29, 1.82) is 0 Å². The summed E-state index contributed by atoms with van der Waals surface area (Å²) in [6.45, 7) is 0. The molecule has 0 aliphatic carbocycles. The van der Waals surface area contributed by atoms with E-state index < -0.39 is 16.8 Å². The van der Waals surface area contributed by atoms with Crippen LogP contribution in [0.1, 0.15) is 26.5 Å². The summed E-state index contributed by atoms with van der Waals surface area (Å²) in [4.78, 5) is 34.5. The van der Waals surface area contributed by atoms with Gasteiger partial charge in [0.2, 0.25) is 5.76 Å². The van der Waals surface area contributed by atoms with Gasteiger partial charge in [0.1, 0.15) is 11.3 Å². The fourth-order valence-corrected chi connectivity index (χ4v) is 2.27. The summed E-state index contributed by atoms with van der Waals surface area (Å²) in [6.07, 6.45) is 2.61. The molecular formula is C19H13N3O6. The summed E-state index contributed by atoms with van der Waals surface area (Å²) in [7, 11) is 0. The minimum atomic E-state index is -0.742. The molecule has 3 rings (SSSR count). The van der Waals surface area contributed by atoms with Crippen LogP contribution in [0, 0.1) is 10.1 Å². The SMILES string of the molecule is O=C(Oc1ccccc1/C=N/NC(=O)c1ccccc1[N+](=O)[O-])c1ccco1. The van der Waals surface area contributed by atoms with Gasteiger partial charge in [-0.1, -0.05) is 24.3 Å². The largest absolute Gasteiger partial charge is 0.457 e. The van der Waals surface area contributed by atoms with Crippen molar-refractivity contribution in [3.63, 3.8) is 0 Å². The number of benzene rings is 2. The van der Waals surface area contributed by atoms with Gasteiger partial charge in [-0.3, -0.25) is 14.9 Å². The first kappa shape index (κ1) is 18.5. The van der Waals surface area contributed by atoms with Crippen LogP contribution >= 0.6 is 0 Å². The maximum atomic E-state index is 12.2. The van der Waals surface area contributed by atoms with Gasteiger partial charge < -0.3 is 9.15 Å². The Morgan fingerprint density at radius 1 is 1.07 bits per heavy atom. The molecule has 0 aliphatic heterocycles. The number of nitrogens with zero attached hydrogens (tertiary/aromatic N) is 2. The topological polar surface area (TPSA) is 124 Å². The third-order valence-electron chi connectivity index (χ3n) is 3.56. The van der Waals surface area contributed by atoms with Gasteiger partial charge in [0.25, 0.3) is 11.6 Å². The second kappa shape index (κ2) is 8.41.